The van der Waals surface area contributed by atoms with Gasteiger partial charge in [-0.05, 0) is 30.2 Å². The van der Waals surface area contributed by atoms with Crippen molar-refractivity contribution in [2.75, 3.05) is 49.5 Å². The highest BCUT2D eigenvalue weighted by Crippen LogP contribution is 2.42. The van der Waals surface area contributed by atoms with E-state index in [0.717, 1.165) is 30.0 Å². The highest BCUT2D eigenvalue weighted by Gasteiger charge is 2.36. The highest BCUT2D eigenvalue weighted by atomic mass is 16.5. The Hall–Kier alpha value is -4.20. The molecule has 0 aromatic heterocycles. The number of ether oxygens (including phenoxy) is 3. The lowest BCUT2D eigenvalue weighted by atomic mass is 10.1. The average Bonchev–Trinajstić information content (AvgIpc) is 3.52. The summed E-state index contributed by atoms with van der Waals surface area (Å²) in [5.74, 6) is 0.546. The number of fused-ring (bicyclic) bond motifs is 1. The molecule has 8 nitrogen and oxygen atoms in total. The van der Waals surface area contributed by atoms with Gasteiger partial charge in [-0.15, -0.1) is 0 Å². The molecular formula is C28H29N3O5. The number of para-hydroxylation sites is 3. The second kappa shape index (κ2) is 9.81. The summed E-state index contributed by atoms with van der Waals surface area (Å²) in [4.78, 5) is 30.1. The number of hydrogen-bond donors (Lipinski definition) is 1. The second-order valence-corrected chi connectivity index (χ2v) is 8.83. The van der Waals surface area contributed by atoms with E-state index in [1.54, 1.807) is 17.0 Å². The molecular weight excluding hydrogens is 458 g/mol. The molecule has 2 amide bonds. The Labute approximate surface area is 210 Å². The van der Waals surface area contributed by atoms with Crippen molar-refractivity contribution in [2.45, 2.75) is 12.8 Å². The summed E-state index contributed by atoms with van der Waals surface area (Å²) in [5, 5.41) is 3.09. The van der Waals surface area contributed by atoms with Crippen LogP contribution in [0.1, 0.15) is 12.0 Å². The van der Waals surface area contributed by atoms with Crippen LogP contribution >= 0.6 is 0 Å². The number of benzene rings is 3. The molecule has 1 saturated heterocycles. The van der Waals surface area contributed by atoms with Crippen molar-refractivity contribution < 1.29 is 23.8 Å². The van der Waals surface area contributed by atoms with E-state index in [1.807, 2.05) is 36.4 Å². The molecule has 2 aliphatic rings. The normalized spacial score (nSPS) is 16.6. The number of amides is 2. The average molecular weight is 488 g/mol. The second-order valence-electron chi connectivity index (χ2n) is 8.83. The molecule has 3 aromatic carbocycles. The van der Waals surface area contributed by atoms with Gasteiger partial charge in [0.15, 0.2) is 11.5 Å². The molecule has 5 rings (SSSR count). The van der Waals surface area contributed by atoms with Crippen LogP contribution in [0.2, 0.25) is 0 Å². The maximum Gasteiger partial charge on any atom is 0.229 e. The van der Waals surface area contributed by atoms with Crippen LogP contribution in [0.4, 0.5) is 22.7 Å². The molecule has 2 heterocycles. The maximum atomic E-state index is 13.3. The maximum absolute atomic E-state index is 13.3. The number of nitrogens with one attached hydrogen (secondary N) is 1. The summed E-state index contributed by atoms with van der Waals surface area (Å²) in [6.07, 6.45) is 1.08. The molecule has 1 N–H and O–H groups in total. The third kappa shape index (κ3) is 4.19. The van der Waals surface area contributed by atoms with Gasteiger partial charge in [0.2, 0.25) is 17.6 Å². The summed E-state index contributed by atoms with van der Waals surface area (Å²) in [5.41, 5.74) is 4.73. The minimum absolute atomic E-state index is 0.122. The molecule has 1 unspecified atom stereocenters. The lowest BCUT2D eigenvalue weighted by molar-refractivity contribution is -0.122. The Balaban J connectivity index is 1.35. The Kier molecular flexibility index (Phi) is 6.41. The van der Waals surface area contributed by atoms with Gasteiger partial charge in [0.1, 0.15) is 0 Å². The Morgan fingerprint density at radius 1 is 0.889 bits per heavy atom. The SMILES string of the molecule is COc1cc(N2CC(C(=O)Nc3ccccc3N3CCc4ccccc43)CC2=O)cc(OC)c1OC. The van der Waals surface area contributed by atoms with Crippen molar-refractivity contribution in [1.29, 1.82) is 0 Å². The van der Waals surface area contributed by atoms with Crippen molar-refractivity contribution in [3.05, 3.63) is 66.2 Å². The molecule has 0 radical (unpaired) electrons. The van der Waals surface area contributed by atoms with E-state index in [0.29, 0.717) is 22.9 Å². The summed E-state index contributed by atoms with van der Waals surface area (Å²) in [6.45, 7) is 1.11. The van der Waals surface area contributed by atoms with Crippen LogP contribution in [0.15, 0.2) is 60.7 Å². The van der Waals surface area contributed by atoms with E-state index in [9.17, 15) is 9.59 Å². The monoisotopic (exact) mass is 487 g/mol. The van der Waals surface area contributed by atoms with Gasteiger partial charge in [0.25, 0.3) is 0 Å². The number of hydrogen-bond acceptors (Lipinski definition) is 6. The van der Waals surface area contributed by atoms with Crippen molar-refractivity contribution in [3.63, 3.8) is 0 Å². The van der Waals surface area contributed by atoms with Crippen molar-refractivity contribution >= 4 is 34.6 Å². The van der Waals surface area contributed by atoms with Crippen LogP contribution < -0.4 is 29.3 Å². The number of methoxy groups -OCH3 is 3. The quantitative estimate of drug-likeness (QED) is 0.532. The highest BCUT2D eigenvalue weighted by molar-refractivity contribution is 6.05. The van der Waals surface area contributed by atoms with E-state index >= 15 is 0 Å². The number of rotatable bonds is 7. The smallest absolute Gasteiger partial charge is 0.229 e. The standard InChI is InChI=1S/C28H29N3O5/c1-34-24-15-20(16-25(35-2)27(24)36-3)31-17-19(14-26(31)32)28(33)29-21-9-5-7-11-23(21)30-13-12-18-8-4-6-10-22(18)30/h4-11,15-16,19H,12-14,17H2,1-3H3,(H,29,33). The van der Waals surface area contributed by atoms with Crippen LogP contribution in [0, 0.1) is 5.92 Å². The van der Waals surface area contributed by atoms with Crippen molar-refractivity contribution in [2.24, 2.45) is 5.92 Å². The number of carbonyl (C=O) groups is 2. The Bertz CT molecular complexity index is 1280. The van der Waals surface area contributed by atoms with Crippen LogP contribution in [-0.2, 0) is 16.0 Å². The number of anilines is 4. The third-order valence-electron chi connectivity index (χ3n) is 6.80. The fourth-order valence-corrected chi connectivity index (χ4v) is 4.99. The van der Waals surface area contributed by atoms with Crippen LogP contribution in [-0.4, -0.2) is 46.2 Å². The van der Waals surface area contributed by atoms with Gasteiger partial charge in [-0.3, -0.25) is 9.59 Å². The van der Waals surface area contributed by atoms with Crippen LogP contribution in [0.25, 0.3) is 0 Å². The zero-order chi connectivity index (χ0) is 25.2. The van der Waals surface area contributed by atoms with E-state index in [1.165, 1.54) is 26.9 Å². The molecule has 0 aliphatic carbocycles. The molecule has 0 bridgehead atoms. The fourth-order valence-electron chi connectivity index (χ4n) is 4.99. The van der Waals surface area contributed by atoms with Crippen molar-refractivity contribution in [1.82, 2.24) is 0 Å². The molecule has 1 fully saturated rings. The first-order chi connectivity index (χ1) is 17.5. The van der Waals surface area contributed by atoms with Crippen LogP contribution in [0.5, 0.6) is 17.2 Å². The minimum Gasteiger partial charge on any atom is -0.493 e. The van der Waals surface area contributed by atoms with Gasteiger partial charge in [-0.2, -0.15) is 0 Å². The zero-order valence-electron chi connectivity index (χ0n) is 20.6. The molecule has 8 heteroatoms. The van der Waals surface area contributed by atoms with Gasteiger partial charge in [0.05, 0.1) is 44.3 Å². The molecule has 3 aromatic rings. The van der Waals surface area contributed by atoms with Gasteiger partial charge in [-0.1, -0.05) is 30.3 Å². The van der Waals surface area contributed by atoms with Gasteiger partial charge in [0, 0.05) is 37.3 Å². The first-order valence-electron chi connectivity index (χ1n) is 11.9. The molecule has 36 heavy (non-hydrogen) atoms. The minimum atomic E-state index is -0.490. The lowest BCUT2D eigenvalue weighted by Gasteiger charge is -2.24. The summed E-state index contributed by atoms with van der Waals surface area (Å²) in [7, 11) is 4.58. The number of carbonyl (C=O) groups excluding carboxylic acids is 2. The van der Waals surface area contributed by atoms with E-state index in [2.05, 4.69) is 22.3 Å². The first-order valence-corrected chi connectivity index (χ1v) is 11.9. The van der Waals surface area contributed by atoms with Gasteiger partial charge in [-0.25, -0.2) is 0 Å². The lowest BCUT2D eigenvalue weighted by Crippen LogP contribution is -2.28. The van der Waals surface area contributed by atoms with Crippen LogP contribution in [0.3, 0.4) is 0 Å². The van der Waals surface area contributed by atoms with Crippen molar-refractivity contribution in [3.8, 4) is 17.2 Å². The summed E-state index contributed by atoms with van der Waals surface area (Å²) in [6, 6.07) is 19.6. The summed E-state index contributed by atoms with van der Waals surface area (Å²) < 4.78 is 16.2. The molecule has 0 spiro atoms. The zero-order valence-corrected chi connectivity index (χ0v) is 20.6. The molecule has 186 valence electrons. The first kappa shape index (κ1) is 23.5. The Morgan fingerprint density at radius 3 is 2.25 bits per heavy atom. The van der Waals surface area contributed by atoms with E-state index in [4.69, 9.17) is 14.2 Å². The van der Waals surface area contributed by atoms with E-state index in [-0.39, 0.29) is 24.8 Å². The number of nitrogens with zero attached hydrogens (tertiary/aromatic N) is 2. The summed E-state index contributed by atoms with van der Waals surface area (Å²) >= 11 is 0. The largest absolute Gasteiger partial charge is 0.493 e. The molecule has 1 atom stereocenters. The third-order valence-corrected chi connectivity index (χ3v) is 6.80. The van der Waals surface area contributed by atoms with Gasteiger partial charge < -0.3 is 29.3 Å². The van der Waals surface area contributed by atoms with Gasteiger partial charge >= 0.3 is 0 Å². The predicted octanol–water partition coefficient (Wildman–Crippen LogP) is 4.40. The Morgan fingerprint density at radius 2 is 1.56 bits per heavy atom. The predicted molar refractivity (Wildman–Crippen MR) is 139 cm³/mol. The topological polar surface area (TPSA) is 80.3 Å². The van der Waals surface area contributed by atoms with E-state index < -0.39 is 5.92 Å². The fraction of sp³-hybridized carbons (Fsp3) is 0.286. The molecule has 0 saturated carbocycles. The molecule has 2 aliphatic heterocycles.